The molecule has 1 aliphatic rings. The molecule has 186 valence electrons. The number of benzene rings is 1. The van der Waals surface area contributed by atoms with Crippen molar-refractivity contribution in [1.82, 2.24) is 20.3 Å². The number of rotatable bonds is 5. The molecule has 4 rings (SSSR count). The van der Waals surface area contributed by atoms with Crippen LogP contribution in [0.5, 0.6) is 0 Å². The molecule has 35 heavy (non-hydrogen) atoms. The summed E-state index contributed by atoms with van der Waals surface area (Å²) in [6.07, 6.45) is 0.136. The maximum Gasteiger partial charge on any atom is 0.433 e. The third-order valence-corrected chi connectivity index (χ3v) is 7.08. The number of fused-ring (bicyclic) bond motifs is 1. The van der Waals surface area contributed by atoms with E-state index in [0.29, 0.717) is 30.3 Å². The molecule has 3 aromatic rings. The van der Waals surface area contributed by atoms with Crippen LogP contribution >= 0.6 is 15.9 Å². The molecule has 0 unspecified atom stereocenters. The van der Waals surface area contributed by atoms with Crippen LogP contribution in [-0.4, -0.2) is 47.6 Å². The second-order valence-corrected chi connectivity index (χ2v) is 11.1. The normalized spacial score (nSPS) is 18.9. The zero-order valence-electron chi connectivity index (χ0n) is 18.4. The van der Waals surface area contributed by atoms with Gasteiger partial charge in [-0.05, 0) is 53.7 Å². The molecule has 2 N–H and O–H groups in total. The average molecular weight is 572 g/mol. The summed E-state index contributed by atoms with van der Waals surface area (Å²) < 4.78 is 63.9. The Balaban J connectivity index is 1.52. The summed E-state index contributed by atoms with van der Waals surface area (Å²) in [6.45, 7) is 0. The van der Waals surface area contributed by atoms with Crippen LogP contribution in [-0.2, 0) is 16.0 Å². The molecule has 2 heterocycles. The van der Waals surface area contributed by atoms with E-state index in [2.05, 4.69) is 41.5 Å². The van der Waals surface area contributed by atoms with Crippen molar-refractivity contribution in [2.24, 2.45) is 0 Å². The number of pyridine rings is 1. The van der Waals surface area contributed by atoms with Crippen LogP contribution in [0, 0.1) is 0 Å². The Morgan fingerprint density at radius 3 is 2.57 bits per heavy atom. The molecule has 8 nitrogen and oxygen atoms in total. The Hall–Kier alpha value is -2.80. The van der Waals surface area contributed by atoms with E-state index >= 15 is 0 Å². The summed E-state index contributed by atoms with van der Waals surface area (Å²) >= 11 is 3.17. The van der Waals surface area contributed by atoms with Gasteiger partial charge in [-0.25, -0.2) is 23.4 Å². The minimum Gasteiger partial charge on any atom is -0.382 e. The van der Waals surface area contributed by atoms with Crippen molar-refractivity contribution in [2.75, 3.05) is 11.6 Å². The van der Waals surface area contributed by atoms with Gasteiger partial charge in [-0.3, -0.25) is 4.79 Å². The Morgan fingerprint density at radius 2 is 1.86 bits per heavy atom. The first kappa shape index (κ1) is 25.3. The minimum atomic E-state index is -4.58. The van der Waals surface area contributed by atoms with E-state index in [1.54, 1.807) is 18.2 Å². The number of nitrogens with zero attached hydrogens (tertiary/aromatic N) is 3. The maximum atomic E-state index is 13.4. The molecular weight excluding hydrogens is 551 g/mol. The van der Waals surface area contributed by atoms with Gasteiger partial charge in [0.2, 0.25) is 15.0 Å². The third-order valence-electron chi connectivity index (χ3n) is 5.64. The van der Waals surface area contributed by atoms with Crippen molar-refractivity contribution in [3.05, 3.63) is 52.4 Å². The lowest BCUT2D eigenvalue weighted by Gasteiger charge is -2.31. The largest absolute Gasteiger partial charge is 0.433 e. The maximum absolute atomic E-state index is 13.4. The van der Waals surface area contributed by atoms with E-state index in [9.17, 15) is 26.4 Å². The second kappa shape index (κ2) is 9.69. The van der Waals surface area contributed by atoms with E-state index in [-0.39, 0.29) is 27.8 Å². The number of nitrogens with one attached hydrogen (secondary N) is 2. The molecule has 0 radical (unpaired) electrons. The number of halogens is 4. The van der Waals surface area contributed by atoms with Crippen molar-refractivity contribution < 1.29 is 26.4 Å². The molecule has 1 fully saturated rings. The number of anilines is 1. The van der Waals surface area contributed by atoms with Gasteiger partial charge in [-0.2, -0.15) is 13.2 Å². The summed E-state index contributed by atoms with van der Waals surface area (Å²) in [5, 5.41) is 6.19. The van der Waals surface area contributed by atoms with Crippen LogP contribution in [0.1, 0.15) is 41.9 Å². The number of aromatic nitrogens is 3. The van der Waals surface area contributed by atoms with Gasteiger partial charge in [0.15, 0.2) is 0 Å². The van der Waals surface area contributed by atoms with Crippen LogP contribution in [0.25, 0.3) is 10.9 Å². The Bertz CT molecular complexity index is 1380. The van der Waals surface area contributed by atoms with Gasteiger partial charge in [0.05, 0.1) is 9.99 Å². The molecule has 1 amide bonds. The van der Waals surface area contributed by atoms with Crippen LogP contribution in [0.4, 0.5) is 18.9 Å². The van der Waals surface area contributed by atoms with E-state index in [4.69, 9.17) is 0 Å². The molecular formula is C22H21BrF3N5O3S. The van der Waals surface area contributed by atoms with Crippen molar-refractivity contribution in [3.63, 3.8) is 0 Å². The van der Waals surface area contributed by atoms with Gasteiger partial charge in [0, 0.05) is 35.6 Å². The summed E-state index contributed by atoms with van der Waals surface area (Å²) in [7, 11) is -3.70. The smallest absolute Gasteiger partial charge is 0.382 e. The van der Waals surface area contributed by atoms with Gasteiger partial charge in [-0.1, -0.05) is 18.2 Å². The van der Waals surface area contributed by atoms with Crippen LogP contribution in [0.3, 0.4) is 0 Å². The highest BCUT2D eigenvalue weighted by molar-refractivity contribution is 9.10. The Kier molecular flexibility index (Phi) is 7.00. The monoisotopic (exact) mass is 571 g/mol. The van der Waals surface area contributed by atoms with Crippen LogP contribution in [0.15, 0.2) is 46.2 Å². The molecule has 2 atom stereocenters. The van der Waals surface area contributed by atoms with E-state index < -0.39 is 32.8 Å². The predicted octanol–water partition coefficient (Wildman–Crippen LogP) is 4.36. The Morgan fingerprint density at radius 1 is 1.14 bits per heavy atom. The van der Waals surface area contributed by atoms with Gasteiger partial charge >= 0.3 is 6.18 Å². The molecule has 0 aliphatic heterocycles. The number of carbonyl (C=O) groups excluding carboxylic acids is 1. The zero-order valence-corrected chi connectivity index (χ0v) is 20.8. The van der Waals surface area contributed by atoms with Gasteiger partial charge < -0.3 is 10.6 Å². The number of alkyl halides is 3. The zero-order chi connectivity index (χ0) is 25.4. The molecule has 1 saturated carbocycles. The van der Waals surface area contributed by atoms with Crippen LogP contribution in [0.2, 0.25) is 0 Å². The SMILES string of the molecule is CS(=O)(=O)c1ncc(Br)c(C(=O)N[C@@H]2CCC[C@H](Nc3cc(C(F)(F)F)nc4ccccc34)C2)n1. The van der Waals surface area contributed by atoms with E-state index in [0.717, 1.165) is 18.7 Å². The lowest BCUT2D eigenvalue weighted by Crippen LogP contribution is -2.42. The number of amides is 1. The fourth-order valence-corrected chi connectivity index (χ4v) is 4.93. The lowest BCUT2D eigenvalue weighted by molar-refractivity contribution is -0.140. The molecule has 0 bridgehead atoms. The fourth-order valence-electron chi connectivity index (χ4n) is 4.05. The molecule has 1 aromatic carbocycles. The summed E-state index contributed by atoms with van der Waals surface area (Å²) in [4.78, 5) is 24.2. The molecule has 0 saturated heterocycles. The summed E-state index contributed by atoms with van der Waals surface area (Å²) in [6, 6.07) is 7.13. The van der Waals surface area contributed by atoms with Crippen LogP contribution < -0.4 is 10.6 Å². The highest BCUT2D eigenvalue weighted by Gasteiger charge is 2.34. The number of hydrogen-bond acceptors (Lipinski definition) is 7. The second-order valence-electron chi connectivity index (χ2n) is 8.37. The summed E-state index contributed by atoms with van der Waals surface area (Å²) in [5.74, 6) is -0.566. The first-order valence-electron chi connectivity index (χ1n) is 10.7. The highest BCUT2D eigenvalue weighted by atomic mass is 79.9. The quantitative estimate of drug-likeness (QED) is 0.437. The van der Waals surface area contributed by atoms with Gasteiger partial charge in [0.25, 0.3) is 5.91 Å². The molecule has 0 spiro atoms. The van der Waals surface area contributed by atoms with E-state index in [1.165, 1.54) is 12.3 Å². The highest BCUT2D eigenvalue weighted by Crippen LogP contribution is 2.34. The third kappa shape index (κ3) is 5.89. The minimum absolute atomic E-state index is 0.106. The standard InChI is InChI=1S/C22H21BrF3N5O3S/c1-35(33,34)21-27-11-15(23)19(31-21)20(32)29-13-6-4-5-12(9-13)28-17-10-18(22(24,25)26)30-16-8-3-2-7-14(16)17/h2-3,7-8,10-13H,4-6,9H2,1H3,(H,28,30)(H,29,32)/t12-,13+/m0/s1. The number of carbonyl (C=O) groups is 1. The molecule has 13 heteroatoms. The molecule has 2 aromatic heterocycles. The first-order chi connectivity index (χ1) is 16.4. The topological polar surface area (TPSA) is 114 Å². The van der Waals surface area contributed by atoms with Crippen molar-refractivity contribution in [1.29, 1.82) is 0 Å². The van der Waals surface area contributed by atoms with E-state index in [1.807, 2.05) is 0 Å². The lowest BCUT2D eigenvalue weighted by atomic mass is 9.90. The van der Waals surface area contributed by atoms with Gasteiger partial charge in [0.1, 0.15) is 11.4 Å². The van der Waals surface area contributed by atoms with Gasteiger partial charge in [-0.15, -0.1) is 0 Å². The van der Waals surface area contributed by atoms with Crippen molar-refractivity contribution >= 4 is 48.3 Å². The number of hydrogen-bond donors (Lipinski definition) is 2. The Labute approximate surface area is 207 Å². The van der Waals surface area contributed by atoms with Crippen molar-refractivity contribution in [2.45, 2.75) is 49.1 Å². The number of para-hydroxylation sites is 1. The first-order valence-corrected chi connectivity index (χ1v) is 13.4. The number of sulfone groups is 1. The predicted molar refractivity (Wildman–Crippen MR) is 127 cm³/mol. The van der Waals surface area contributed by atoms with Crippen molar-refractivity contribution in [3.8, 4) is 0 Å². The average Bonchev–Trinajstić information content (AvgIpc) is 2.78. The molecule has 1 aliphatic carbocycles. The summed E-state index contributed by atoms with van der Waals surface area (Å²) in [5.41, 5.74) is -0.517. The fraction of sp³-hybridized carbons (Fsp3) is 0.364.